The Balaban J connectivity index is 1.44. The number of methoxy groups -OCH3 is 1. The molecular weight excluding hydrogens is 380 g/mol. The summed E-state index contributed by atoms with van der Waals surface area (Å²) in [4.78, 5) is 25.9. The molecule has 7 heteroatoms. The Bertz CT molecular complexity index is 1020. The number of piperazine rings is 1. The largest absolute Gasteiger partial charge is 0.496 e. The molecule has 0 unspecified atom stereocenters. The van der Waals surface area contributed by atoms with E-state index >= 15 is 0 Å². The van der Waals surface area contributed by atoms with Crippen molar-refractivity contribution < 1.29 is 14.3 Å². The van der Waals surface area contributed by atoms with Crippen LogP contribution in [0.3, 0.4) is 0 Å². The highest BCUT2D eigenvalue weighted by Gasteiger charge is 2.25. The van der Waals surface area contributed by atoms with Crippen molar-refractivity contribution in [1.29, 1.82) is 0 Å². The number of ether oxygens (including phenoxy) is 2. The van der Waals surface area contributed by atoms with Crippen molar-refractivity contribution in [2.45, 2.75) is 6.92 Å². The van der Waals surface area contributed by atoms with Crippen molar-refractivity contribution in [2.24, 2.45) is 0 Å². The highest BCUT2D eigenvalue weighted by atomic mass is 16.5. The number of amides is 1. The summed E-state index contributed by atoms with van der Waals surface area (Å²) in [5.41, 5.74) is 0.588. The molecule has 1 aliphatic heterocycles. The molecule has 0 spiro atoms. The average Bonchev–Trinajstić information content (AvgIpc) is 2.79. The lowest BCUT2D eigenvalue weighted by molar-refractivity contribution is 0.0743. The number of rotatable bonds is 5. The Labute approximate surface area is 175 Å². The fraction of sp³-hybridized carbons (Fsp3) is 0.261. The molecule has 2 aromatic carbocycles. The van der Waals surface area contributed by atoms with Crippen LogP contribution < -0.4 is 14.4 Å². The van der Waals surface area contributed by atoms with Gasteiger partial charge in [0.15, 0.2) is 0 Å². The molecule has 0 N–H and O–H groups in total. The molecular formula is C23H24N4O3. The van der Waals surface area contributed by atoms with Gasteiger partial charge in [-0.2, -0.15) is 4.98 Å². The third kappa shape index (κ3) is 4.35. The third-order valence-electron chi connectivity index (χ3n) is 4.99. The van der Waals surface area contributed by atoms with Gasteiger partial charge in [0, 0.05) is 32.2 Å². The molecule has 1 aromatic heterocycles. The number of para-hydroxylation sites is 2. The van der Waals surface area contributed by atoms with Gasteiger partial charge in [0.25, 0.3) is 5.91 Å². The first kappa shape index (κ1) is 19.7. The van der Waals surface area contributed by atoms with Gasteiger partial charge in [-0.25, -0.2) is 4.98 Å². The molecule has 1 amide bonds. The number of benzene rings is 2. The van der Waals surface area contributed by atoms with Crippen molar-refractivity contribution in [2.75, 3.05) is 38.2 Å². The number of aromatic nitrogens is 2. The average molecular weight is 404 g/mol. The van der Waals surface area contributed by atoms with Crippen LogP contribution in [-0.4, -0.2) is 54.1 Å². The maximum atomic E-state index is 12.9. The topological polar surface area (TPSA) is 67.8 Å². The Hall–Kier alpha value is -3.61. The van der Waals surface area contributed by atoms with E-state index in [1.165, 1.54) is 0 Å². The van der Waals surface area contributed by atoms with Gasteiger partial charge < -0.3 is 19.3 Å². The molecule has 154 valence electrons. The summed E-state index contributed by atoms with van der Waals surface area (Å²) in [6, 6.07) is 18.7. The minimum absolute atomic E-state index is 0.0148. The maximum absolute atomic E-state index is 12.9. The first-order valence-corrected chi connectivity index (χ1v) is 9.90. The Kier molecular flexibility index (Phi) is 5.79. The number of nitrogens with zero attached hydrogens (tertiary/aromatic N) is 4. The van der Waals surface area contributed by atoms with Crippen LogP contribution in [0.2, 0.25) is 0 Å². The van der Waals surface area contributed by atoms with Crippen LogP contribution in [0.5, 0.6) is 17.4 Å². The van der Waals surface area contributed by atoms with Crippen molar-refractivity contribution in [3.8, 4) is 17.4 Å². The number of anilines is 1. The minimum atomic E-state index is -0.0148. The van der Waals surface area contributed by atoms with Crippen LogP contribution in [-0.2, 0) is 0 Å². The number of hydrogen-bond donors (Lipinski definition) is 0. The molecule has 0 bridgehead atoms. The second-order valence-electron chi connectivity index (χ2n) is 7.01. The lowest BCUT2D eigenvalue weighted by Gasteiger charge is -2.35. The van der Waals surface area contributed by atoms with Crippen LogP contribution in [0.25, 0.3) is 0 Å². The summed E-state index contributed by atoms with van der Waals surface area (Å²) in [6.07, 6.45) is 0. The molecule has 3 aromatic rings. The predicted octanol–water partition coefficient (Wildman–Crippen LogP) is 3.55. The SMILES string of the molecule is COc1ccccc1C(=O)N1CCN(c2cc(Oc3ccccc3)nc(C)n2)CC1. The third-order valence-corrected chi connectivity index (χ3v) is 4.99. The minimum Gasteiger partial charge on any atom is -0.496 e. The lowest BCUT2D eigenvalue weighted by Crippen LogP contribution is -2.49. The summed E-state index contributed by atoms with van der Waals surface area (Å²) in [5, 5.41) is 0. The highest BCUT2D eigenvalue weighted by molar-refractivity contribution is 5.97. The Morgan fingerprint density at radius 2 is 1.63 bits per heavy atom. The van der Waals surface area contributed by atoms with Crippen LogP contribution in [0, 0.1) is 6.92 Å². The second kappa shape index (κ2) is 8.82. The first-order chi connectivity index (χ1) is 14.6. The van der Waals surface area contributed by atoms with Gasteiger partial charge in [-0.1, -0.05) is 30.3 Å². The molecule has 1 saturated heterocycles. The summed E-state index contributed by atoms with van der Waals surface area (Å²) >= 11 is 0. The van der Waals surface area contributed by atoms with E-state index in [1.54, 1.807) is 19.2 Å². The van der Waals surface area contributed by atoms with E-state index in [4.69, 9.17) is 9.47 Å². The molecule has 1 fully saturated rings. The van der Waals surface area contributed by atoms with Crippen LogP contribution in [0.4, 0.5) is 5.82 Å². The van der Waals surface area contributed by atoms with Gasteiger partial charge in [0.05, 0.1) is 12.7 Å². The predicted molar refractivity (Wildman–Crippen MR) is 114 cm³/mol. The summed E-state index contributed by atoms with van der Waals surface area (Å²) < 4.78 is 11.2. The zero-order chi connectivity index (χ0) is 20.9. The number of hydrogen-bond acceptors (Lipinski definition) is 6. The van der Waals surface area contributed by atoms with E-state index in [2.05, 4.69) is 14.9 Å². The monoisotopic (exact) mass is 404 g/mol. The van der Waals surface area contributed by atoms with E-state index in [0.29, 0.717) is 49.2 Å². The summed E-state index contributed by atoms with van der Waals surface area (Å²) in [7, 11) is 1.58. The normalized spacial score (nSPS) is 13.8. The van der Waals surface area contributed by atoms with Gasteiger partial charge in [-0.3, -0.25) is 4.79 Å². The molecule has 2 heterocycles. The molecule has 30 heavy (non-hydrogen) atoms. The summed E-state index contributed by atoms with van der Waals surface area (Å²) in [6.45, 7) is 4.43. The number of carbonyl (C=O) groups excluding carboxylic acids is 1. The Morgan fingerprint density at radius 1 is 0.933 bits per heavy atom. The zero-order valence-electron chi connectivity index (χ0n) is 17.1. The first-order valence-electron chi connectivity index (χ1n) is 9.90. The highest BCUT2D eigenvalue weighted by Crippen LogP contribution is 2.25. The molecule has 4 rings (SSSR count). The molecule has 0 saturated carbocycles. The lowest BCUT2D eigenvalue weighted by atomic mass is 10.1. The van der Waals surface area contributed by atoms with Gasteiger partial charge in [0.1, 0.15) is 23.1 Å². The van der Waals surface area contributed by atoms with Gasteiger partial charge >= 0.3 is 0 Å². The van der Waals surface area contributed by atoms with Crippen molar-refractivity contribution in [1.82, 2.24) is 14.9 Å². The van der Waals surface area contributed by atoms with E-state index in [0.717, 1.165) is 11.6 Å². The number of aryl methyl sites for hydroxylation is 1. The fourth-order valence-corrected chi connectivity index (χ4v) is 3.48. The maximum Gasteiger partial charge on any atom is 0.257 e. The number of carbonyl (C=O) groups is 1. The molecule has 0 radical (unpaired) electrons. The standard InChI is InChI=1S/C23H24N4O3/c1-17-24-21(16-22(25-17)30-18-8-4-3-5-9-18)26-12-14-27(15-13-26)23(28)19-10-6-7-11-20(19)29-2/h3-11,16H,12-15H2,1-2H3. The van der Waals surface area contributed by atoms with Crippen LogP contribution >= 0.6 is 0 Å². The molecule has 7 nitrogen and oxygen atoms in total. The molecule has 0 aliphatic carbocycles. The van der Waals surface area contributed by atoms with Crippen LogP contribution in [0.15, 0.2) is 60.7 Å². The van der Waals surface area contributed by atoms with Crippen molar-refractivity contribution in [3.63, 3.8) is 0 Å². The van der Waals surface area contributed by atoms with Crippen LogP contribution in [0.1, 0.15) is 16.2 Å². The van der Waals surface area contributed by atoms with Crippen molar-refractivity contribution >= 4 is 11.7 Å². The fourth-order valence-electron chi connectivity index (χ4n) is 3.48. The zero-order valence-corrected chi connectivity index (χ0v) is 17.1. The van der Waals surface area contributed by atoms with E-state index in [9.17, 15) is 4.79 Å². The summed E-state index contributed by atoms with van der Waals surface area (Å²) in [5.74, 6) is 3.27. The molecule has 1 aliphatic rings. The smallest absolute Gasteiger partial charge is 0.257 e. The van der Waals surface area contributed by atoms with E-state index in [1.807, 2.05) is 60.4 Å². The van der Waals surface area contributed by atoms with E-state index in [-0.39, 0.29) is 5.91 Å². The van der Waals surface area contributed by atoms with E-state index < -0.39 is 0 Å². The quantitative estimate of drug-likeness (QED) is 0.648. The van der Waals surface area contributed by atoms with Gasteiger partial charge in [-0.15, -0.1) is 0 Å². The Morgan fingerprint density at radius 3 is 2.37 bits per heavy atom. The molecule has 0 atom stereocenters. The second-order valence-corrected chi connectivity index (χ2v) is 7.01. The van der Waals surface area contributed by atoms with Crippen molar-refractivity contribution in [3.05, 3.63) is 72.1 Å². The van der Waals surface area contributed by atoms with Gasteiger partial charge in [-0.05, 0) is 31.2 Å². The van der Waals surface area contributed by atoms with Gasteiger partial charge in [0.2, 0.25) is 5.88 Å².